The number of pyridine rings is 1. The maximum absolute atomic E-state index is 13.0. The number of aromatic nitrogens is 2. The lowest BCUT2D eigenvalue weighted by Crippen LogP contribution is -2.15. The van der Waals surface area contributed by atoms with Gasteiger partial charge in [-0.1, -0.05) is 11.2 Å². The van der Waals surface area contributed by atoms with Gasteiger partial charge in [-0.25, -0.2) is 18.5 Å². The smallest absolute Gasteiger partial charge is 0.259 e. The molecule has 0 fully saturated rings. The molecule has 0 saturated carbocycles. The Morgan fingerprint density at radius 1 is 1.17 bits per heavy atom. The summed E-state index contributed by atoms with van der Waals surface area (Å²) in [5.41, 5.74) is 2.01. The highest BCUT2D eigenvalue weighted by Gasteiger charge is 2.20. The molecule has 0 atom stereocenters. The fourth-order valence-electron chi connectivity index (χ4n) is 2.92. The largest absolute Gasteiger partial charge is 0.335 e. The van der Waals surface area contributed by atoms with Crippen molar-refractivity contribution in [3.05, 3.63) is 58.6 Å². The molecule has 3 heterocycles. The van der Waals surface area contributed by atoms with Gasteiger partial charge in [-0.05, 0) is 50.2 Å². The molecule has 0 radical (unpaired) electrons. The standard InChI is InChI=1S/C19H16N4O4S2/c1-10-6-7-16(28-10)15-9-14(17-11(2)23-27-19(17)22-15)18(24)21-12-4-3-5-13(8-12)29(20,25)26/h3-9H,1-2H3,(H,21,24)(H2,20,25,26). The van der Waals surface area contributed by atoms with Gasteiger partial charge in [0.2, 0.25) is 10.0 Å². The van der Waals surface area contributed by atoms with Crippen molar-refractivity contribution in [2.24, 2.45) is 5.14 Å². The third kappa shape index (κ3) is 3.77. The first kappa shape index (κ1) is 19.2. The van der Waals surface area contributed by atoms with Crippen molar-refractivity contribution >= 4 is 44.1 Å². The number of primary sulfonamides is 1. The molecule has 4 aromatic rings. The van der Waals surface area contributed by atoms with E-state index in [1.54, 1.807) is 30.4 Å². The first-order valence-electron chi connectivity index (χ1n) is 8.50. The monoisotopic (exact) mass is 428 g/mol. The van der Waals surface area contributed by atoms with Crippen LogP contribution in [-0.4, -0.2) is 24.5 Å². The number of sulfonamides is 1. The molecule has 0 aliphatic rings. The molecule has 10 heteroatoms. The topological polar surface area (TPSA) is 128 Å². The second-order valence-corrected chi connectivity index (χ2v) is 9.29. The van der Waals surface area contributed by atoms with Gasteiger partial charge < -0.3 is 9.84 Å². The van der Waals surface area contributed by atoms with Crippen molar-refractivity contribution in [1.82, 2.24) is 10.1 Å². The maximum atomic E-state index is 13.0. The summed E-state index contributed by atoms with van der Waals surface area (Å²) in [6.07, 6.45) is 0. The average molecular weight is 428 g/mol. The van der Waals surface area contributed by atoms with Crippen molar-refractivity contribution in [3.63, 3.8) is 0 Å². The van der Waals surface area contributed by atoms with E-state index in [4.69, 9.17) is 9.66 Å². The molecule has 0 spiro atoms. The summed E-state index contributed by atoms with van der Waals surface area (Å²) in [6, 6.07) is 11.3. The number of carbonyl (C=O) groups is 1. The number of anilines is 1. The molecule has 3 aromatic heterocycles. The Labute approximate surface area is 170 Å². The molecular weight excluding hydrogens is 412 g/mol. The van der Waals surface area contributed by atoms with Gasteiger partial charge in [-0.3, -0.25) is 4.79 Å². The lowest BCUT2D eigenvalue weighted by molar-refractivity contribution is 0.102. The minimum Gasteiger partial charge on any atom is -0.335 e. The first-order chi connectivity index (χ1) is 13.7. The zero-order valence-electron chi connectivity index (χ0n) is 15.5. The molecular formula is C19H16N4O4S2. The predicted molar refractivity (Wildman–Crippen MR) is 110 cm³/mol. The Morgan fingerprint density at radius 3 is 2.66 bits per heavy atom. The Balaban J connectivity index is 1.78. The summed E-state index contributed by atoms with van der Waals surface area (Å²) in [5.74, 6) is -0.440. The van der Waals surface area contributed by atoms with Gasteiger partial charge in [0.25, 0.3) is 11.6 Å². The number of rotatable bonds is 4. The number of fused-ring (bicyclic) bond motifs is 1. The third-order valence-electron chi connectivity index (χ3n) is 4.27. The maximum Gasteiger partial charge on any atom is 0.259 e. The van der Waals surface area contributed by atoms with Crippen LogP contribution in [0.2, 0.25) is 0 Å². The van der Waals surface area contributed by atoms with Crippen LogP contribution in [0.15, 0.2) is 51.9 Å². The lowest BCUT2D eigenvalue weighted by Gasteiger charge is -2.09. The summed E-state index contributed by atoms with van der Waals surface area (Å²) in [5, 5.41) is 12.3. The average Bonchev–Trinajstić information content (AvgIpc) is 3.26. The van der Waals surface area contributed by atoms with Crippen LogP contribution in [0.3, 0.4) is 0 Å². The van der Waals surface area contributed by atoms with Gasteiger partial charge in [-0.2, -0.15) is 0 Å². The Kier molecular flexibility index (Phi) is 4.69. The summed E-state index contributed by atoms with van der Waals surface area (Å²) in [6.45, 7) is 3.71. The quantitative estimate of drug-likeness (QED) is 0.512. The molecule has 148 valence electrons. The molecule has 0 saturated heterocycles. The summed E-state index contributed by atoms with van der Waals surface area (Å²) < 4.78 is 28.4. The number of aryl methyl sites for hydroxylation is 2. The Morgan fingerprint density at radius 2 is 1.97 bits per heavy atom. The minimum atomic E-state index is -3.88. The molecule has 0 aliphatic heterocycles. The number of benzene rings is 1. The van der Waals surface area contributed by atoms with E-state index in [2.05, 4.69) is 15.5 Å². The fourth-order valence-corrected chi connectivity index (χ4v) is 4.31. The predicted octanol–water partition coefficient (Wildman–Crippen LogP) is 3.47. The number of hydrogen-bond donors (Lipinski definition) is 2. The number of nitrogens with zero attached hydrogens (tertiary/aromatic N) is 2. The molecule has 0 unspecified atom stereocenters. The van der Waals surface area contributed by atoms with E-state index in [9.17, 15) is 13.2 Å². The van der Waals surface area contributed by atoms with Crippen LogP contribution >= 0.6 is 11.3 Å². The van der Waals surface area contributed by atoms with E-state index < -0.39 is 15.9 Å². The molecule has 1 aromatic carbocycles. The highest BCUT2D eigenvalue weighted by Crippen LogP contribution is 2.31. The number of nitrogens with one attached hydrogen (secondary N) is 1. The van der Waals surface area contributed by atoms with Crippen LogP contribution in [0.5, 0.6) is 0 Å². The number of thiophene rings is 1. The zero-order valence-corrected chi connectivity index (χ0v) is 17.1. The van der Waals surface area contributed by atoms with Crippen LogP contribution in [0.4, 0.5) is 5.69 Å². The second kappa shape index (κ2) is 7.07. The fraction of sp³-hybridized carbons (Fsp3) is 0.105. The van der Waals surface area contributed by atoms with E-state index in [1.165, 1.54) is 18.2 Å². The summed E-state index contributed by atoms with van der Waals surface area (Å²) in [4.78, 5) is 19.4. The van der Waals surface area contributed by atoms with Crippen LogP contribution in [0, 0.1) is 13.8 Å². The van der Waals surface area contributed by atoms with Crippen molar-refractivity contribution in [3.8, 4) is 10.6 Å². The Hall–Kier alpha value is -3.08. The van der Waals surface area contributed by atoms with Crippen molar-refractivity contribution in [2.75, 3.05) is 5.32 Å². The minimum absolute atomic E-state index is 0.0916. The third-order valence-corrected chi connectivity index (χ3v) is 6.21. The number of amides is 1. The molecule has 0 aliphatic carbocycles. The molecule has 8 nitrogen and oxygen atoms in total. The number of carbonyl (C=O) groups excluding carboxylic acids is 1. The van der Waals surface area contributed by atoms with Crippen molar-refractivity contribution < 1.29 is 17.7 Å². The normalized spacial score (nSPS) is 11.7. The molecule has 4 rings (SSSR count). The highest BCUT2D eigenvalue weighted by molar-refractivity contribution is 7.89. The van der Waals surface area contributed by atoms with Gasteiger partial charge in [0.1, 0.15) is 0 Å². The van der Waals surface area contributed by atoms with Gasteiger partial charge in [-0.15, -0.1) is 11.3 Å². The van der Waals surface area contributed by atoms with Crippen LogP contribution in [0.25, 0.3) is 21.7 Å². The molecule has 0 bridgehead atoms. The molecule has 29 heavy (non-hydrogen) atoms. The van der Waals surface area contributed by atoms with Crippen molar-refractivity contribution in [1.29, 1.82) is 0 Å². The molecule has 1 amide bonds. The number of nitrogens with two attached hydrogens (primary N) is 1. The Bertz CT molecular complexity index is 1360. The van der Waals surface area contributed by atoms with E-state index in [-0.39, 0.29) is 10.6 Å². The number of hydrogen-bond acceptors (Lipinski definition) is 7. The SMILES string of the molecule is Cc1ccc(-c2cc(C(=O)Nc3cccc(S(N)(=O)=O)c3)c3c(C)noc3n2)s1. The van der Waals surface area contributed by atoms with Gasteiger partial charge >= 0.3 is 0 Å². The van der Waals surface area contributed by atoms with Gasteiger partial charge in [0.05, 0.1) is 32.1 Å². The zero-order chi connectivity index (χ0) is 20.8. The second-order valence-electron chi connectivity index (χ2n) is 6.44. The van der Waals surface area contributed by atoms with Crippen molar-refractivity contribution in [2.45, 2.75) is 18.7 Å². The van der Waals surface area contributed by atoms with Gasteiger partial charge in [0, 0.05) is 10.6 Å². The van der Waals surface area contributed by atoms with E-state index in [1.807, 2.05) is 19.1 Å². The van der Waals surface area contributed by atoms with Gasteiger partial charge in [0.15, 0.2) is 0 Å². The highest BCUT2D eigenvalue weighted by atomic mass is 32.2. The summed E-state index contributed by atoms with van der Waals surface area (Å²) >= 11 is 1.55. The summed E-state index contributed by atoms with van der Waals surface area (Å²) in [7, 11) is -3.88. The van der Waals surface area contributed by atoms with E-state index in [0.717, 1.165) is 9.75 Å². The molecule has 3 N–H and O–H groups in total. The van der Waals surface area contributed by atoms with Crippen LogP contribution in [0.1, 0.15) is 20.9 Å². The van der Waals surface area contributed by atoms with Crippen LogP contribution < -0.4 is 10.5 Å². The van der Waals surface area contributed by atoms with E-state index >= 15 is 0 Å². The lowest BCUT2D eigenvalue weighted by atomic mass is 10.1. The van der Waals surface area contributed by atoms with E-state index in [0.29, 0.717) is 28.0 Å². The van der Waals surface area contributed by atoms with Crippen LogP contribution in [-0.2, 0) is 10.0 Å². The first-order valence-corrected chi connectivity index (χ1v) is 10.9.